The molecule has 0 aliphatic heterocycles. The summed E-state index contributed by atoms with van der Waals surface area (Å²) < 4.78 is 0. The monoisotopic (exact) mass is 262 g/mol. The molecule has 1 aliphatic carbocycles. The van der Waals surface area contributed by atoms with Crippen LogP contribution in [0.4, 0.5) is 0 Å². The maximum Gasteiger partial charge on any atom is 0.0602 e. The summed E-state index contributed by atoms with van der Waals surface area (Å²) in [5.41, 5.74) is 8.56. The van der Waals surface area contributed by atoms with Crippen molar-refractivity contribution in [2.24, 2.45) is 11.7 Å². The van der Waals surface area contributed by atoms with Crippen LogP contribution in [0.3, 0.4) is 0 Å². The molecule has 0 amide bonds. The molecule has 1 aliphatic rings. The van der Waals surface area contributed by atoms with Crippen molar-refractivity contribution in [2.45, 2.75) is 38.6 Å². The van der Waals surface area contributed by atoms with Gasteiger partial charge in [-0.1, -0.05) is 18.9 Å². The zero-order chi connectivity index (χ0) is 9.97. The van der Waals surface area contributed by atoms with Gasteiger partial charge in [-0.3, -0.25) is 4.98 Å². The molecule has 1 heterocycles. The van der Waals surface area contributed by atoms with Crippen molar-refractivity contribution in [1.29, 1.82) is 0 Å². The summed E-state index contributed by atoms with van der Waals surface area (Å²) in [7, 11) is 0. The molecular weight excluding hydrogens is 243 g/mol. The Balaban J connectivity index is 0.00000112. The van der Waals surface area contributed by atoms with Gasteiger partial charge >= 0.3 is 0 Å². The molecule has 1 fully saturated rings. The van der Waals surface area contributed by atoms with Crippen molar-refractivity contribution in [3.8, 4) is 0 Å². The smallest absolute Gasteiger partial charge is 0.0602 e. The highest BCUT2D eigenvalue weighted by Crippen LogP contribution is 2.34. The first-order chi connectivity index (χ1) is 6.79. The Morgan fingerprint density at radius 3 is 2.50 bits per heavy atom. The zero-order valence-corrected chi connectivity index (χ0v) is 11.2. The number of nitrogens with two attached hydrogens (primary N) is 1. The van der Waals surface area contributed by atoms with Crippen LogP contribution in [-0.2, 0) is 0 Å². The third-order valence-electron chi connectivity index (χ3n) is 3.27. The van der Waals surface area contributed by atoms with Gasteiger partial charge in [0, 0.05) is 6.20 Å². The second kappa shape index (κ2) is 7.10. The van der Waals surface area contributed by atoms with Crippen LogP contribution in [-0.4, -0.2) is 4.98 Å². The summed E-state index contributed by atoms with van der Waals surface area (Å²) in [5, 5.41) is 0. The summed E-state index contributed by atoms with van der Waals surface area (Å²) >= 11 is 0. The fourth-order valence-corrected chi connectivity index (χ4v) is 2.39. The minimum atomic E-state index is 0. The minimum Gasteiger partial charge on any atom is -0.322 e. The van der Waals surface area contributed by atoms with Crippen molar-refractivity contribution in [1.82, 2.24) is 4.98 Å². The first-order valence-electron chi connectivity index (χ1n) is 5.46. The van der Waals surface area contributed by atoms with E-state index in [-0.39, 0.29) is 30.9 Å². The van der Waals surface area contributed by atoms with E-state index < -0.39 is 0 Å². The fraction of sp³-hybridized carbons (Fsp3) is 0.583. The number of rotatable bonds is 2. The second-order valence-corrected chi connectivity index (χ2v) is 4.28. The fourth-order valence-electron chi connectivity index (χ4n) is 2.39. The van der Waals surface area contributed by atoms with E-state index in [0.717, 1.165) is 5.69 Å². The standard InChI is InChI=1S/C12H18N2.2ClH/c1-9-5-4-8-14-12(9)11(13)10-6-2-3-7-10;;/h4-5,8,10-11H,2-3,6-7,13H2,1H3;2*1H. The molecule has 92 valence electrons. The first-order valence-corrected chi connectivity index (χ1v) is 5.46. The van der Waals surface area contributed by atoms with Crippen molar-refractivity contribution in [2.75, 3.05) is 0 Å². The first kappa shape index (κ1) is 15.7. The van der Waals surface area contributed by atoms with E-state index in [9.17, 15) is 0 Å². The maximum atomic E-state index is 6.24. The quantitative estimate of drug-likeness (QED) is 0.887. The lowest BCUT2D eigenvalue weighted by atomic mass is 9.94. The highest BCUT2D eigenvalue weighted by atomic mass is 35.5. The zero-order valence-electron chi connectivity index (χ0n) is 9.56. The molecule has 0 radical (unpaired) electrons. The molecule has 2 nitrogen and oxygen atoms in total. The van der Waals surface area contributed by atoms with Gasteiger partial charge in [0.2, 0.25) is 0 Å². The summed E-state index contributed by atoms with van der Waals surface area (Å²) in [6.07, 6.45) is 7.07. The lowest BCUT2D eigenvalue weighted by Crippen LogP contribution is -2.21. The number of pyridine rings is 1. The second-order valence-electron chi connectivity index (χ2n) is 4.28. The van der Waals surface area contributed by atoms with Crippen LogP contribution in [0, 0.1) is 12.8 Å². The predicted molar refractivity (Wildman–Crippen MR) is 72.4 cm³/mol. The van der Waals surface area contributed by atoms with E-state index >= 15 is 0 Å². The molecule has 0 aromatic carbocycles. The molecule has 1 unspecified atom stereocenters. The molecule has 2 rings (SSSR count). The maximum absolute atomic E-state index is 6.24. The van der Waals surface area contributed by atoms with E-state index in [4.69, 9.17) is 5.73 Å². The van der Waals surface area contributed by atoms with Crippen molar-refractivity contribution in [3.05, 3.63) is 29.6 Å². The van der Waals surface area contributed by atoms with Gasteiger partial charge in [0.05, 0.1) is 11.7 Å². The van der Waals surface area contributed by atoms with E-state index in [2.05, 4.69) is 18.0 Å². The average molecular weight is 263 g/mol. The van der Waals surface area contributed by atoms with Crippen LogP contribution in [0.2, 0.25) is 0 Å². The van der Waals surface area contributed by atoms with Gasteiger partial charge in [-0.15, -0.1) is 24.8 Å². The van der Waals surface area contributed by atoms with Crippen LogP contribution in [0.15, 0.2) is 18.3 Å². The normalized spacial score (nSPS) is 17.4. The topological polar surface area (TPSA) is 38.9 Å². The third-order valence-corrected chi connectivity index (χ3v) is 3.27. The summed E-state index contributed by atoms with van der Waals surface area (Å²) in [6.45, 7) is 2.09. The van der Waals surface area contributed by atoms with Crippen LogP contribution >= 0.6 is 24.8 Å². The molecule has 16 heavy (non-hydrogen) atoms. The van der Waals surface area contributed by atoms with Gasteiger partial charge in [0.1, 0.15) is 0 Å². The average Bonchev–Trinajstić information content (AvgIpc) is 2.70. The number of aryl methyl sites for hydroxylation is 1. The molecule has 2 N–H and O–H groups in total. The highest BCUT2D eigenvalue weighted by molar-refractivity contribution is 5.85. The summed E-state index contributed by atoms with van der Waals surface area (Å²) in [6, 6.07) is 4.22. The molecule has 0 bridgehead atoms. The number of aromatic nitrogens is 1. The minimum absolute atomic E-state index is 0. The van der Waals surface area contributed by atoms with E-state index in [1.54, 1.807) is 0 Å². The molecule has 1 saturated carbocycles. The van der Waals surface area contributed by atoms with Crippen LogP contribution in [0.1, 0.15) is 43.0 Å². The molecule has 0 saturated heterocycles. The van der Waals surface area contributed by atoms with Gasteiger partial charge in [0.15, 0.2) is 0 Å². The number of hydrogen-bond acceptors (Lipinski definition) is 2. The van der Waals surface area contributed by atoms with Gasteiger partial charge < -0.3 is 5.73 Å². The number of hydrogen-bond donors (Lipinski definition) is 1. The Morgan fingerprint density at radius 1 is 1.31 bits per heavy atom. The van der Waals surface area contributed by atoms with E-state index in [0.29, 0.717) is 5.92 Å². The Bertz CT molecular complexity index is 312. The number of halogens is 2. The van der Waals surface area contributed by atoms with Crippen molar-refractivity contribution >= 4 is 24.8 Å². The van der Waals surface area contributed by atoms with E-state index in [1.165, 1.54) is 31.2 Å². The Labute approximate surface area is 110 Å². The molecule has 0 spiro atoms. The van der Waals surface area contributed by atoms with E-state index in [1.807, 2.05) is 12.3 Å². The molecule has 1 aromatic rings. The molecule has 1 aromatic heterocycles. The van der Waals surface area contributed by atoms with Gasteiger partial charge in [-0.2, -0.15) is 0 Å². The highest BCUT2D eigenvalue weighted by Gasteiger charge is 2.24. The molecular formula is C12H20Cl2N2. The van der Waals surface area contributed by atoms with Gasteiger partial charge in [0.25, 0.3) is 0 Å². The van der Waals surface area contributed by atoms with Crippen molar-refractivity contribution < 1.29 is 0 Å². The largest absolute Gasteiger partial charge is 0.322 e. The Morgan fingerprint density at radius 2 is 1.94 bits per heavy atom. The SMILES string of the molecule is Cc1cccnc1C(N)C1CCCC1.Cl.Cl. The Kier molecular flexibility index (Phi) is 6.96. The van der Waals surface area contributed by atoms with Gasteiger partial charge in [-0.05, 0) is 37.3 Å². The van der Waals surface area contributed by atoms with Gasteiger partial charge in [-0.25, -0.2) is 0 Å². The third kappa shape index (κ3) is 3.34. The van der Waals surface area contributed by atoms with Crippen LogP contribution in [0.25, 0.3) is 0 Å². The van der Waals surface area contributed by atoms with Crippen molar-refractivity contribution in [3.63, 3.8) is 0 Å². The lowest BCUT2D eigenvalue weighted by molar-refractivity contribution is 0.435. The summed E-state index contributed by atoms with van der Waals surface area (Å²) in [4.78, 5) is 4.40. The van der Waals surface area contributed by atoms with Crippen LogP contribution < -0.4 is 5.73 Å². The summed E-state index contributed by atoms with van der Waals surface area (Å²) in [5.74, 6) is 0.656. The molecule has 4 heteroatoms. The Hall–Kier alpha value is -0.310. The lowest BCUT2D eigenvalue weighted by Gasteiger charge is -2.19. The predicted octanol–water partition coefficient (Wildman–Crippen LogP) is 3.42. The van der Waals surface area contributed by atoms with Crippen LogP contribution in [0.5, 0.6) is 0 Å². The number of nitrogens with zero attached hydrogens (tertiary/aromatic N) is 1. The molecule has 1 atom stereocenters.